The highest BCUT2D eigenvalue weighted by Crippen LogP contribution is 2.43. The number of nitrogens with zero attached hydrogens (tertiary/aromatic N) is 1. The summed E-state index contributed by atoms with van der Waals surface area (Å²) in [6, 6.07) is 9.10. The Hall–Kier alpha value is -2.14. The number of nitriles is 1. The van der Waals surface area contributed by atoms with E-state index in [0.29, 0.717) is 23.7 Å². The summed E-state index contributed by atoms with van der Waals surface area (Å²) in [4.78, 5) is 0. The maximum Gasteiger partial charge on any atom is 0.123 e. The third-order valence-electron chi connectivity index (χ3n) is 6.55. The lowest BCUT2D eigenvalue weighted by molar-refractivity contribution is 0.290. The van der Waals surface area contributed by atoms with Crippen molar-refractivity contribution in [2.75, 3.05) is 0 Å². The van der Waals surface area contributed by atoms with E-state index in [2.05, 4.69) is 12.7 Å². The standard InChI is InChI=1S/C25H30FN/c1-19(21-8-6-20(7-9-21)5-3-2-4-18-27)22-10-12-23(13-11-22)24-14-16-25(26)17-15-24/h2-5,14-17,20-23H,1,6-13H2/b4-2+,5-3+/t20-,21-,22-,23-. The topological polar surface area (TPSA) is 23.8 Å². The summed E-state index contributed by atoms with van der Waals surface area (Å²) in [5.41, 5.74) is 2.78. The van der Waals surface area contributed by atoms with Gasteiger partial charge in [0, 0.05) is 6.08 Å². The largest absolute Gasteiger partial charge is 0.207 e. The molecule has 142 valence electrons. The van der Waals surface area contributed by atoms with E-state index in [4.69, 9.17) is 5.26 Å². The molecule has 0 radical (unpaired) electrons. The lowest BCUT2D eigenvalue weighted by atomic mass is 9.70. The van der Waals surface area contributed by atoms with Crippen LogP contribution in [0.15, 0.2) is 60.7 Å². The normalized spacial score (nSPS) is 29.0. The Morgan fingerprint density at radius 1 is 0.926 bits per heavy atom. The minimum absolute atomic E-state index is 0.146. The quantitative estimate of drug-likeness (QED) is 0.311. The number of benzene rings is 1. The van der Waals surface area contributed by atoms with Crippen molar-refractivity contribution >= 4 is 0 Å². The van der Waals surface area contributed by atoms with E-state index in [0.717, 1.165) is 0 Å². The van der Waals surface area contributed by atoms with Crippen LogP contribution in [-0.4, -0.2) is 0 Å². The van der Waals surface area contributed by atoms with Gasteiger partial charge >= 0.3 is 0 Å². The first-order valence-electron chi connectivity index (χ1n) is 10.3. The van der Waals surface area contributed by atoms with Crippen molar-refractivity contribution in [2.45, 2.75) is 57.3 Å². The van der Waals surface area contributed by atoms with E-state index in [1.165, 1.54) is 68.6 Å². The molecule has 1 aromatic rings. The minimum Gasteiger partial charge on any atom is -0.207 e. The number of allylic oxidation sites excluding steroid dienone is 5. The van der Waals surface area contributed by atoms with Crippen LogP contribution in [0.25, 0.3) is 0 Å². The summed E-state index contributed by atoms with van der Waals surface area (Å²) < 4.78 is 13.1. The highest BCUT2D eigenvalue weighted by atomic mass is 19.1. The first-order chi connectivity index (χ1) is 13.2. The fraction of sp³-hybridized carbons (Fsp3) is 0.480. The molecule has 0 N–H and O–H groups in total. The van der Waals surface area contributed by atoms with E-state index in [1.54, 1.807) is 12.1 Å². The Morgan fingerprint density at radius 2 is 1.52 bits per heavy atom. The van der Waals surface area contributed by atoms with Crippen LogP contribution in [0, 0.1) is 34.9 Å². The number of halogens is 1. The van der Waals surface area contributed by atoms with E-state index in [9.17, 15) is 4.39 Å². The first kappa shape index (κ1) is 19.6. The SMILES string of the molecule is C=C([C@H]1CC[C@H](/C=C/C=C/C#N)CC1)[C@H]1CC[C@H](c2ccc(F)cc2)CC1. The molecule has 2 aliphatic rings. The minimum atomic E-state index is -0.146. The second-order valence-corrected chi connectivity index (χ2v) is 8.16. The number of rotatable bonds is 5. The highest BCUT2D eigenvalue weighted by molar-refractivity contribution is 5.22. The predicted octanol–water partition coefficient (Wildman–Crippen LogP) is 7.10. The Labute approximate surface area is 163 Å². The van der Waals surface area contributed by atoms with Gasteiger partial charge in [0.1, 0.15) is 5.82 Å². The molecule has 0 aromatic heterocycles. The molecule has 2 aliphatic carbocycles. The van der Waals surface area contributed by atoms with Gasteiger partial charge in [-0.3, -0.25) is 0 Å². The van der Waals surface area contributed by atoms with Gasteiger partial charge in [0.05, 0.1) is 6.07 Å². The second-order valence-electron chi connectivity index (χ2n) is 8.16. The molecule has 0 spiro atoms. The van der Waals surface area contributed by atoms with Crippen molar-refractivity contribution < 1.29 is 4.39 Å². The zero-order valence-corrected chi connectivity index (χ0v) is 16.1. The zero-order chi connectivity index (χ0) is 19.1. The Bertz CT molecular complexity index is 706. The Kier molecular flexibility index (Phi) is 7.04. The van der Waals surface area contributed by atoms with Crippen LogP contribution in [0.5, 0.6) is 0 Å². The molecular formula is C25H30FN. The third-order valence-corrected chi connectivity index (χ3v) is 6.55. The summed E-state index contributed by atoms with van der Waals surface area (Å²) >= 11 is 0. The highest BCUT2D eigenvalue weighted by Gasteiger charge is 2.29. The van der Waals surface area contributed by atoms with Crippen molar-refractivity contribution in [1.82, 2.24) is 0 Å². The van der Waals surface area contributed by atoms with Gasteiger partial charge in [-0.15, -0.1) is 0 Å². The molecule has 0 saturated heterocycles. The van der Waals surface area contributed by atoms with Crippen LogP contribution >= 0.6 is 0 Å². The zero-order valence-electron chi connectivity index (χ0n) is 16.1. The van der Waals surface area contributed by atoms with Crippen LogP contribution in [0.3, 0.4) is 0 Å². The molecule has 0 unspecified atom stereocenters. The van der Waals surface area contributed by atoms with Gasteiger partial charge in [0.2, 0.25) is 0 Å². The molecule has 0 heterocycles. The van der Waals surface area contributed by atoms with Crippen molar-refractivity contribution in [2.24, 2.45) is 17.8 Å². The molecule has 0 amide bonds. The van der Waals surface area contributed by atoms with E-state index in [1.807, 2.05) is 30.4 Å². The van der Waals surface area contributed by atoms with Gasteiger partial charge in [0.25, 0.3) is 0 Å². The van der Waals surface area contributed by atoms with Crippen LogP contribution in [0.4, 0.5) is 4.39 Å². The summed E-state index contributed by atoms with van der Waals surface area (Å²) in [6.45, 7) is 4.51. The van der Waals surface area contributed by atoms with Crippen LogP contribution < -0.4 is 0 Å². The maximum absolute atomic E-state index is 13.1. The molecule has 1 aromatic carbocycles. The second kappa shape index (κ2) is 9.70. The average molecular weight is 364 g/mol. The number of hydrogen-bond acceptors (Lipinski definition) is 1. The van der Waals surface area contributed by atoms with Crippen LogP contribution in [0.2, 0.25) is 0 Å². The molecule has 0 bridgehead atoms. The van der Waals surface area contributed by atoms with Crippen LogP contribution in [-0.2, 0) is 0 Å². The fourth-order valence-electron chi connectivity index (χ4n) is 4.87. The molecule has 27 heavy (non-hydrogen) atoms. The lowest BCUT2D eigenvalue weighted by Crippen LogP contribution is -2.22. The lowest BCUT2D eigenvalue weighted by Gasteiger charge is -2.36. The molecule has 2 heteroatoms. The molecule has 2 saturated carbocycles. The van der Waals surface area contributed by atoms with Gasteiger partial charge in [-0.25, -0.2) is 4.39 Å². The smallest absolute Gasteiger partial charge is 0.123 e. The van der Waals surface area contributed by atoms with E-state index in [-0.39, 0.29) is 5.82 Å². The van der Waals surface area contributed by atoms with Gasteiger partial charge in [0.15, 0.2) is 0 Å². The predicted molar refractivity (Wildman–Crippen MR) is 110 cm³/mol. The monoisotopic (exact) mass is 363 g/mol. The first-order valence-corrected chi connectivity index (χ1v) is 10.3. The van der Waals surface area contributed by atoms with Crippen molar-refractivity contribution in [3.8, 4) is 6.07 Å². The fourth-order valence-corrected chi connectivity index (χ4v) is 4.87. The van der Waals surface area contributed by atoms with Crippen molar-refractivity contribution in [3.05, 3.63) is 72.1 Å². The molecule has 3 rings (SSSR count). The molecule has 2 fully saturated rings. The maximum atomic E-state index is 13.1. The molecule has 0 atom stereocenters. The summed E-state index contributed by atoms with van der Waals surface area (Å²) in [5.74, 6) is 2.42. The molecule has 0 aliphatic heterocycles. The summed E-state index contributed by atoms with van der Waals surface area (Å²) in [6.07, 6.45) is 17.4. The van der Waals surface area contributed by atoms with Crippen molar-refractivity contribution in [3.63, 3.8) is 0 Å². The average Bonchev–Trinajstić information content (AvgIpc) is 2.72. The van der Waals surface area contributed by atoms with Gasteiger partial charge in [-0.1, -0.05) is 42.5 Å². The number of hydrogen-bond donors (Lipinski definition) is 0. The molecular weight excluding hydrogens is 333 g/mol. The molecule has 1 nitrogen and oxygen atoms in total. The Balaban J connectivity index is 1.45. The summed E-state index contributed by atoms with van der Waals surface area (Å²) in [7, 11) is 0. The summed E-state index contributed by atoms with van der Waals surface area (Å²) in [5, 5.41) is 8.52. The van der Waals surface area contributed by atoms with Gasteiger partial charge < -0.3 is 0 Å². The van der Waals surface area contributed by atoms with E-state index < -0.39 is 0 Å². The van der Waals surface area contributed by atoms with Crippen molar-refractivity contribution in [1.29, 1.82) is 5.26 Å². The Morgan fingerprint density at radius 3 is 2.11 bits per heavy atom. The third kappa shape index (κ3) is 5.42. The van der Waals surface area contributed by atoms with Crippen LogP contribution in [0.1, 0.15) is 62.8 Å². The van der Waals surface area contributed by atoms with E-state index >= 15 is 0 Å². The van der Waals surface area contributed by atoms with Gasteiger partial charge in [-0.05, 0) is 92.7 Å². The van der Waals surface area contributed by atoms with Gasteiger partial charge in [-0.2, -0.15) is 5.26 Å².